The van der Waals surface area contributed by atoms with Gasteiger partial charge in [-0.1, -0.05) is 41.9 Å². The van der Waals surface area contributed by atoms with E-state index in [1.807, 2.05) is 25.1 Å². The van der Waals surface area contributed by atoms with E-state index < -0.39 is 0 Å². The van der Waals surface area contributed by atoms with Crippen LogP contribution >= 0.6 is 11.6 Å². The van der Waals surface area contributed by atoms with Crippen molar-refractivity contribution in [2.24, 2.45) is 0 Å². The Labute approximate surface area is 129 Å². The molecule has 1 amide bonds. The van der Waals surface area contributed by atoms with Gasteiger partial charge in [-0.2, -0.15) is 5.26 Å². The number of hydrogen-bond donors (Lipinski definition) is 1. The first-order chi connectivity index (χ1) is 10.1. The lowest BCUT2D eigenvalue weighted by molar-refractivity contribution is -0.121. The summed E-state index contributed by atoms with van der Waals surface area (Å²) in [5, 5.41) is 12.3. The molecule has 106 valence electrons. The highest BCUT2D eigenvalue weighted by Gasteiger charge is 2.12. The highest BCUT2D eigenvalue weighted by molar-refractivity contribution is 6.31. The number of nitrogens with zero attached hydrogens (tertiary/aromatic N) is 1. The summed E-state index contributed by atoms with van der Waals surface area (Å²) in [6.07, 6.45) is 0.278. The van der Waals surface area contributed by atoms with Crippen LogP contribution in [0, 0.1) is 11.3 Å². The molecule has 0 fully saturated rings. The molecule has 1 atom stereocenters. The van der Waals surface area contributed by atoms with E-state index in [1.165, 1.54) is 0 Å². The third-order valence-corrected chi connectivity index (χ3v) is 3.54. The number of carbonyl (C=O) groups excluding carboxylic acids is 1. The summed E-state index contributed by atoms with van der Waals surface area (Å²) in [6.45, 7) is 1.90. The van der Waals surface area contributed by atoms with Gasteiger partial charge in [0.2, 0.25) is 5.91 Å². The molecule has 1 unspecified atom stereocenters. The molecule has 0 aliphatic heterocycles. The van der Waals surface area contributed by atoms with Crippen LogP contribution in [0.15, 0.2) is 48.5 Å². The van der Waals surface area contributed by atoms with Crippen molar-refractivity contribution in [2.45, 2.75) is 19.4 Å². The Kier molecular flexibility index (Phi) is 4.97. The van der Waals surface area contributed by atoms with Crippen molar-refractivity contribution in [3.8, 4) is 6.07 Å². The Balaban J connectivity index is 1.98. The quantitative estimate of drug-likeness (QED) is 0.937. The second-order valence-corrected chi connectivity index (χ2v) is 5.20. The van der Waals surface area contributed by atoms with Crippen molar-refractivity contribution in [3.63, 3.8) is 0 Å². The summed E-state index contributed by atoms with van der Waals surface area (Å²) in [4.78, 5) is 12.0. The molecular weight excluding hydrogens is 284 g/mol. The summed E-state index contributed by atoms with van der Waals surface area (Å²) >= 11 is 6.11. The van der Waals surface area contributed by atoms with Gasteiger partial charge in [0.15, 0.2) is 0 Å². The van der Waals surface area contributed by atoms with Gasteiger partial charge in [-0.25, -0.2) is 0 Å². The average Bonchev–Trinajstić information content (AvgIpc) is 2.48. The minimum Gasteiger partial charge on any atom is -0.349 e. The van der Waals surface area contributed by atoms with E-state index in [-0.39, 0.29) is 18.4 Å². The van der Waals surface area contributed by atoms with E-state index in [1.54, 1.807) is 30.3 Å². The normalized spacial score (nSPS) is 11.5. The predicted molar refractivity (Wildman–Crippen MR) is 82.9 cm³/mol. The minimum absolute atomic E-state index is 0.0767. The molecule has 0 radical (unpaired) electrons. The number of halogens is 1. The average molecular weight is 299 g/mol. The standard InChI is InChI=1S/C17H15ClN2O/c1-12(15-4-2-3-5-16(15)18)20-17(21)10-13-6-8-14(11-19)9-7-13/h2-9,12H,10H2,1H3,(H,20,21). The zero-order valence-electron chi connectivity index (χ0n) is 11.6. The Bertz CT molecular complexity index is 674. The maximum absolute atomic E-state index is 12.0. The van der Waals surface area contributed by atoms with Crippen LogP contribution in [0.3, 0.4) is 0 Å². The highest BCUT2D eigenvalue weighted by atomic mass is 35.5. The maximum atomic E-state index is 12.0. The lowest BCUT2D eigenvalue weighted by atomic mass is 10.1. The molecular formula is C17H15ClN2O. The van der Waals surface area contributed by atoms with Gasteiger partial charge in [0.05, 0.1) is 24.1 Å². The molecule has 0 bridgehead atoms. The Morgan fingerprint density at radius 2 is 1.90 bits per heavy atom. The fourth-order valence-electron chi connectivity index (χ4n) is 2.08. The van der Waals surface area contributed by atoms with Crippen LogP contribution in [0.4, 0.5) is 0 Å². The number of amides is 1. The lowest BCUT2D eigenvalue weighted by Gasteiger charge is -2.15. The van der Waals surface area contributed by atoms with Crippen molar-refractivity contribution in [1.82, 2.24) is 5.32 Å². The number of nitrogens with one attached hydrogen (secondary N) is 1. The van der Waals surface area contributed by atoms with Gasteiger partial charge in [-0.15, -0.1) is 0 Å². The largest absolute Gasteiger partial charge is 0.349 e. The van der Waals surface area contributed by atoms with Crippen LogP contribution in [-0.2, 0) is 11.2 Å². The lowest BCUT2D eigenvalue weighted by Crippen LogP contribution is -2.28. The first-order valence-corrected chi connectivity index (χ1v) is 7.01. The van der Waals surface area contributed by atoms with Gasteiger partial charge in [-0.3, -0.25) is 4.79 Å². The molecule has 3 nitrogen and oxygen atoms in total. The third-order valence-electron chi connectivity index (χ3n) is 3.20. The molecule has 0 heterocycles. The molecule has 0 spiro atoms. The molecule has 0 aliphatic carbocycles. The fraction of sp³-hybridized carbons (Fsp3) is 0.176. The molecule has 1 N–H and O–H groups in total. The zero-order valence-corrected chi connectivity index (χ0v) is 12.4. The van der Waals surface area contributed by atoms with Gasteiger partial charge in [-0.05, 0) is 36.2 Å². The molecule has 21 heavy (non-hydrogen) atoms. The number of benzene rings is 2. The first kappa shape index (κ1) is 15.1. The Morgan fingerprint density at radius 3 is 2.52 bits per heavy atom. The van der Waals surface area contributed by atoms with E-state index in [0.717, 1.165) is 11.1 Å². The topological polar surface area (TPSA) is 52.9 Å². The summed E-state index contributed by atoms with van der Waals surface area (Å²) in [6, 6.07) is 16.4. The van der Waals surface area contributed by atoms with Crippen molar-refractivity contribution < 1.29 is 4.79 Å². The van der Waals surface area contributed by atoms with Crippen LogP contribution in [0.2, 0.25) is 5.02 Å². The SMILES string of the molecule is CC(NC(=O)Cc1ccc(C#N)cc1)c1ccccc1Cl. The monoisotopic (exact) mass is 298 g/mol. The molecule has 0 saturated heterocycles. The summed E-state index contributed by atoms with van der Waals surface area (Å²) in [5.74, 6) is -0.0767. The van der Waals surface area contributed by atoms with E-state index in [9.17, 15) is 4.79 Å². The first-order valence-electron chi connectivity index (χ1n) is 6.63. The van der Waals surface area contributed by atoms with Crippen molar-refractivity contribution in [1.29, 1.82) is 5.26 Å². The van der Waals surface area contributed by atoms with Gasteiger partial charge in [0.1, 0.15) is 0 Å². The smallest absolute Gasteiger partial charge is 0.224 e. The van der Waals surface area contributed by atoms with Gasteiger partial charge in [0.25, 0.3) is 0 Å². The highest BCUT2D eigenvalue weighted by Crippen LogP contribution is 2.22. The van der Waals surface area contributed by atoms with E-state index >= 15 is 0 Å². The van der Waals surface area contributed by atoms with Crippen molar-refractivity contribution in [2.75, 3.05) is 0 Å². The van der Waals surface area contributed by atoms with Crippen molar-refractivity contribution >= 4 is 17.5 Å². The molecule has 2 aromatic rings. The van der Waals surface area contributed by atoms with Crippen molar-refractivity contribution in [3.05, 3.63) is 70.2 Å². The van der Waals surface area contributed by atoms with Gasteiger partial charge < -0.3 is 5.32 Å². The fourth-order valence-corrected chi connectivity index (χ4v) is 2.38. The third kappa shape index (κ3) is 4.08. The Hall–Kier alpha value is -2.31. The molecule has 4 heteroatoms. The molecule has 0 saturated carbocycles. The van der Waals surface area contributed by atoms with Gasteiger partial charge >= 0.3 is 0 Å². The maximum Gasteiger partial charge on any atom is 0.224 e. The predicted octanol–water partition coefficient (Wildman–Crippen LogP) is 3.63. The van der Waals surface area contributed by atoms with E-state index in [2.05, 4.69) is 11.4 Å². The van der Waals surface area contributed by atoms with Crippen LogP contribution in [0.25, 0.3) is 0 Å². The molecule has 2 rings (SSSR count). The number of rotatable bonds is 4. The van der Waals surface area contributed by atoms with E-state index in [0.29, 0.717) is 10.6 Å². The summed E-state index contributed by atoms with van der Waals surface area (Å²) in [5.41, 5.74) is 2.36. The van der Waals surface area contributed by atoms with Crippen LogP contribution < -0.4 is 5.32 Å². The minimum atomic E-state index is -0.149. The number of carbonyl (C=O) groups is 1. The number of nitriles is 1. The summed E-state index contributed by atoms with van der Waals surface area (Å²) in [7, 11) is 0. The Morgan fingerprint density at radius 1 is 1.24 bits per heavy atom. The van der Waals surface area contributed by atoms with Crippen LogP contribution in [0.1, 0.15) is 29.7 Å². The molecule has 0 aromatic heterocycles. The van der Waals surface area contributed by atoms with Crippen LogP contribution in [-0.4, -0.2) is 5.91 Å². The number of hydrogen-bond acceptors (Lipinski definition) is 2. The zero-order chi connectivity index (χ0) is 15.2. The molecule has 0 aliphatic rings. The van der Waals surface area contributed by atoms with Gasteiger partial charge in [0, 0.05) is 5.02 Å². The van der Waals surface area contributed by atoms with Crippen LogP contribution in [0.5, 0.6) is 0 Å². The second-order valence-electron chi connectivity index (χ2n) is 4.80. The molecule has 2 aromatic carbocycles. The second kappa shape index (κ2) is 6.92. The summed E-state index contributed by atoms with van der Waals surface area (Å²) < 4.78 is 0. The van der Waals surface area contributed by atoms with E-state index in [4.69, 9.17) is 16.9 Å².